The minimum absolute atomic E-state index is 0.00201. The Balaban J connectivity index is 1.32. The van der Waals surface area contributed by atoms with Gasteiger partial charge in [0, 0.05) is 35.9 Å². The third-order valence-electron chi connectivity index (χ3n) is 9.94. The molecule has 7 aromatic rings. The summed E-state index contributed by atoms with van der Waals surface area (Å²) in [6, 6.07) is 52.2. The van der Waals surface area contributed by atoms with Gasteiger partial charge >= 0.3 is 0 Å². The molecule has 2 N–H and O–H groups in total. The van der Waals surface area contributed by atoms with Crippen molar-refractivity contribution < 1.29 is 19.8 Å². The third-order valence-corrected chi connectivity index (χ3v) is 9.94. The van der Waals surface area contributed by atoms with Crippen LogP contribution in [0.25, 0.3) is 66.7 Å². The first kappa shape index (κ1) is 37.5. The van der Waals surface area contributed by atoms with Crippen molar-refractivity contribution >= 4 is 22.5 Å². The predicted octanol–water partition coefficient (Wildman–Crippen LogP) is 12.5. The quantitative estimate of drug-likeness (QED) is 0.0910. The molecule has 0 fully saturated rings. The number of carbonyl (C=O) groups is 2. The maximum absolute atomic E-state index is 12.6. The number of carbonyl (C=O) groups excluding carboxylic acids is 2. The maximum Gasteiger partial charge on any atom is 0.159 e. The number of aliphatic hydroxyl groups is 2. The highest BCUT2D eigenvalue weighted by molar-refractivity contribution is 5.92. The van der Waals surface area contributed by atoms with Crippen molar-refractivity contribution in [1.82, 2.24) is 4.98 Å². The van der Waals surface area contributed by atoms with Gasteiger partial charge in [-0.15, -0.1) is 0 Å². The number of aliphatic hydroxyl groups excluding tert-OH is 2. The van der Waals surface area contributed by atoms with E-state index < -0.39 is 0 Å². The lowest BCUT2D eigenvalue weighted by Crippen LogP contribution is -2.00. The number of benzene rings is 6. The third kappa shape index (κ3) is 8.91. The van der Waals surface area contributed by atoms with Crippen LogP contribution in [0.3, 0.4) is 0 Å². The number of para-hydroxylation sites is 1. The summed E-state index contributed by atoms with van der Waals surface area (Å²) in [6.45, 7) is 3.01. The van der Waals surface area contributed by atoms with Crippen LogP contribution in [-0.4, -0.2) is 26.8 Å². The molecule has 5 heteroatoms. The van der Waals surface area contributed by atoms with Gasteiger partial charge in [0.15, 0.2) is 11.6 Å². The molecule has 0 aliphatic heterocycles. The summed E-state index contributed by atoms with van der Waals surface area (Å²) in [5.41, 5.74) is 13.3. The Morgan fingerprint density at radius 3 is 1.45 bits per heavy atom. The van der Waals surface area contributed by atoms with E-state index in [4.69, 9.17) is 4.98 Å². The zero-order valence-corrected chi connectivity index (χ0v) is 31.6. The Kier molecular flexibility index (Phi) is 11.4. The zero-order valence-electron chi connectivity index (χ0n) is 31.6. The number of hydrogen-bond donors (Lipinski definition) is 2. The van der Waals surface area contributed by atoms with Crippen LogP contribution in [0.2, 0.25) is 0 Å². The second-order valence-corrected chi connectivity index (χ2v) is 14.1. The predicted molar refractivity (Wildman–Crippen MR) is 228 cm³/mol. The Hall–Kier alpha value is -6.85. The van der Waals surface area contributed by atoms with Gasteiger partial charge in [0.2, 0.25) is 0 Å². The zero-order chi connectivity index (χ0) is 39.0. The summed E-state index contributed by atoms with van der Waals surface area (Å²) >= 11 is 0. The van der Waals surface area contributed by atoms with Crippen molar-refractivity contribution in [2.45, 2.75) is 39.5 Å². The van der Waals surface area contributed by atoms with Gasteiger partial charge in [0.05, 0.1) is 22.7 Å². The molecule has 0 amide bonds. The molecule has 0 saturated heterocycles. The number of rotatable bonds is 13. The molecule has 6 aromatic carbocycles. The fraction of sp³-hybridized carbons (Fsp3) is 0.118. The highest BCUT2D eigenvalue weighted by Crippen LogP contribution is 2.40. The molecule has 1 aromatic heterocycles. The van der Waals surface area contributed by atoms with Gasteiger partial charge in [-0.3, -0.25) is 9.59 Å². The molecule has 5 nitrogen and oxygen atoms in total. The van der Waals surface area contributed by atoms with Crippen molar-refractivity contribution in [2.24, 2.45) is 0 Å². The standard InChI is InChI=1S/C51H43NO4/c1-34(53)29-44(55)26-23-36-11-3-6-14-46(36)41-31-42(47-15-7-4-12-37(47)24-27-45(56)30-35(2)54)33-43(32-41)49-17-9-8-16-48(49)38-19-21-40(22-20-38)51-28-25-39-13-5-10-18-50(39)52-51/h3-22,25,28-33,53-54H,23-24,26-27H2,1-2H3. The molecule has 0 spiro atoms. The van der Waals surface area contributed by atoms with Crippen LogP contribution in [0.5, 0.6) is 0 Å². The monoisotopic (exact) mass is 733 g/mol. The molecule has 56 heavy (non-hydrogen) atoms. The van der Waals surface area contributed by atoms with E-state index in [2.05, 4.69) is 109 Å². The molecule has 0 bridgehead atoms. The van der Waals surface area contributed by atoms with Crippen LogP contribution in [0, 0.1) is 0 Å². The molecule has 7 rings (SSSR count). The van der Waals surface area contributed by atoms with Crippen LogP contribution in [0.4, 0.5) is 0 Å². The smallest absolute Gasteiger partial charge is 0.159 e. The average molecular weight is 734 g/mol. The Morgan fingerprint density at radius 2 is 0.911 bits per heavy atom. The second kappa shape index (κ2) is 17.1. The summed E-state index contributed by atoms with van der Waals surface area (Å²) in [6.07, 6.45) is 4.14. The Labute approximate surface area is 328 Å². The van der Waals surface area contributed by atoms with E-state index in [0.29, 0.717) is 12.8 Å². The van der Waals surface area contributed by atoms with E-state index in [1.54, 1.807) is 0 Å². The maximum atomic E-state index is 12.6. The largest absolute Gasteiger partial charge is 0.512 e. The molecule has 0 unspecified atom stereocenters. The van der Waals surface area contributed by atoms with E-state index in [1.165, 1.54) is 26.0 Å². The van der Waals surface area contributed by atoms with Crippen molar-refractivity contribution in [2.75, 3.05) is 0 Å². The van der Waals surface area contributed by atoms with E-state index in [0.717, 1.165) is 77.8 Å². The van der Waals surface area contributed by atoms with Crippen LogP contribution < -0.4 is 0 Å². The summed E-state index contributed by atoms with van der Waals surface area (Å²) < 4.78 is 0. The highest BCUT2D eigenvalue weighted by Gasteiger charge is 2.16. The van der Waals surface area contributed by atoms with E-state index >= 15 is 0 Å². The summed E-state index contributed by atoms with van der Waals surface area (Å²) in [5, 5.41) is 20.4. The normalized spacial score (nSPS) is 11.8. The molecular weight excluding hydrogens is 691 g/mol. The molecule has 0 atom stereocenters. The van der Waals surface area contributed by atoms with Crippen LogP contribution in [-0.2, 0) is 22.4 Å². The molecular formula is C51H43NO4. The molecule has 0 aliphatic carbocycles. The van der Waals surface area contributed by atoms with Crippen LogP contribution in [0.15, 0.2) is 175 Å². The number of aromatic nitrogens is 1. The van der Waals surface area contributed by atoms with Gasteiger partial charge in [0.1, 0.15) is 0 Å². The molecule has 1 heterocycles. The Morgan fingerprint density at radius 1 is 0.482 bits per heavy atom. The highest BCUT2D eigenvalue weighted by atomic mass is 16.3. The van der Waals surface area contributed by atoms with Gasteiger partial charge in [-0.05, 0) is 113 Å². The van der Waals surface area contributed by atoms with Crippen LogP contribution in [0.1, 0.15) is 37.8 Å². The minimum Gasteiger partial charge on any atom is -0.512 e. The van der Waals surface area contributed by atoms with Gasteiger partial charge in [-0.1, -0.05) is 121 Å². The van der Waals surface area contributed by atoms with Crippen LogP contribution >= 0.6 is 0 Å². The number of hydrogen-bond acceptors (Lipinski definition) is 5. The van der Waals surface area contributed by atoms with E-state index in [9.17, 15) is 19.8 Å². The summed E-state index contributed by atoms with van der Waals surface area (Å²) in [5.74, 6) is -0.245. The number of allylic oxidation sites excluding steroid dienone is 4. The number of ketones is 2. The van der Waals surface area contributed by atoms with E-state index in [1.807, 2.05) is 42.5 Å². The van der Waals surface area contributed by atoms with Crippen molar-refractivity contribution in [1.29, 1.82) is 0 Å². The van der Waals surface area contributed by atoms with Crippen molar-refractivity contribution in [3.05, 3.63) is 186 Å². The average Bonchev–Trinajstić information content (AvgIpc) is 3.21. The second-order valence-electron chi connectivity index (χ2n) is 14.1. The molecule has 0 aliphatic rings. The molecule has 0 saturated carbocycles. The van der Waals surface area contributed by atoms with E-state index in [-0.39, 0.29) is 35.9 Å². The lowest BCUT2D eigenvalue weighted by molar-refractivity contribution is -0.115. The first-order valence-electron chi connectivity index (χ1n) is 18.9. The number of fused-ring (bicyclic) bond motifs is 1. The fourth-order valence-electron chi connectivity index (χ4n) is 7.29. The molecule has 276 valence electrons. The summed E-state index contributed by atoms with van der Waals surface area (Å²) in [7, 11) is 0. The summed E-state index contributed by atoms with van der Waals surface area (Å²) in [4.78, 5) is 30.1. The van der Waals surface area contributed by atoms with Crippen molar-refractivity contribution in [3.8, 4) is 55.8 Å². The van der Waals surface area contributed by atoms with Gasteiger partial charge in [-0.2, -0.15) is 0 Å². The minimum atomic E-state index is -0.125. The fourth-order valence-corrected chi connectivity index (χ4v) is 7.29. The van der Waals surface area contributed by atoms with Gasteiger partial charge < -0.3 is 10.2 Å². The number of pyridine rings is 1. The van der Waals surface area contributed by atoms with Gasteiger partial charge in [0.25, 0.3) is 0 Å². The SMILES string of the molecule is CC(O)=CC(=O)CCc1ccccc1-c1cc(-c2ccccc2CCC(=O)C=C(C)O)cc(-c2ccccc2-c2ccc(-c3ccc4ccccc4n3)cc2)c1. The lowest BCUT2D eigenvalue weighted by Gasteiger charge is -2.17. The lowest BCUT2D eigenvalue weighted by atomic mass is 9.86. The first-order valence-corrected chi connectivity index (χ1v) is 18.9. The molecule has 0 radical (unpaired) electrons. The van der Waals surface area contributed by atoms with Crippen molar-refractivity contribution in [3.63, 3.8) is 0 Å². The Bertz CT molecular complexity index is 2510. The van der Waals surface area contributed by atoms with Gasteiger partial charge in [-0.25, -0.2) is 4.98 Å². The number of aryl methyl sites for hydroxylation is 2. The first-order chi connectivity index (χ1) is 27.2. The number of nitrogens with zero attached hydrogens (tertiary/aromatic N) is 1. The topological polar surface area (TPSA) is 87.5 Å².